The smallest absolute Gasteiger partial charge is 0.233 e. The largest absolute Gasteiger partial charge is 0.391 e. The van der Waals surface area contributed by atoms with Crippen LogP contribution in [0.15, 0.2) is 59.8 Å². The van der Waals surface area contributed by atoms with Crippen LogP contribution in [0.2, 0.25) is 0 Å². The number of likely N-dealkylation sites (tertiary alicyclic amines) is 1. The molecule has 8 heteroatoms. The molecule has 0 radical (unpaired) electrons. The van der Waals surface area contributed by atoms with E-state index in [1.165, 1.54) is 17.8 Å². The van der Waals surface area contributed by atoms with E-state index in [1.54, 1.807) is 27.7 Å². The molecule has 1 amide bonds. The average Bonchev–Trinajstić information content (AvgIpc) is 3.16. The molecular weight excluding hydrogens is 391 g/mol. The first kappa shape index (κ1) is 19.6. The minimum Gasteiger partial charge on any atom is -0.391 e. The number of carbonyl (C=O) groups is 1. The van der Waals surface area contributed by atoms with E-state index >= 15 is 0 Å². The van der Waals surface area contributed by atoms with Crippen LogP contribution in [-0.2, 0) is 4.79 Å². The molecule has 1 atom stereocenters. The fourth-order valence-corrected chi connectivity index (χ4v) is 4.24. The standard InChI is InChI=1S/C21H21FN4O2S/c22-18-11-5-4-10-17(18)20-23-24-21(26(20)15-7-2-1-3-8-15)29-14-19(28)25-12-6-9-16(27)13-25/h1-5,7-8,10-11,16,27H,6,9,12-14H2. The van der Waals surface area contributed by atoms with Gasteiger partial charge in [0.05, 0.1) is 17.4 Å². The Kier molecular flexibility index (Phi) is 5.92. The molecule has 3 aromatic rings. The van der Waals surface area contributed by atoms with Crippen LogP contribution in [0.5, 0.6) is 0 Å². The molecule has 4 rings (SSSR count). The number of nitrogens with zero attached hydrogens (tertiary/aromatic N) is 4. The van der Waals surface area contributed by atoms with Gasteiger partial charge in [-0.2, -0.15) is 0 Å². The van der Waals surface area contributed by atoms with E-state index in [0.29, 0.717) is 29.6 Å². The Morgan fingerprint density at radius 1 is 1.14 bits per heavy atom. The Balaban J connectivity index is 1.62. The first-order chi connectivity index (χ1) is 14.1. The second kappa shape index (κ2) is 8.75. The molecule has 0 saturated carbocycles. The summed E-state index contributed by atoms with van der Waals surface area (Å²) in [4.78, 5) is 14.3. The molecule has 2 aromatic carbocycles. The lowest BCUT2D eigenvalue weighted by Crippen LogP contribution is -2.43. The van der Waals surface area contributed by atoms with E-state index in [9.17, 15) is 14.3 Å². The lowest BCUT2D eigenvalue weighted by molar-refractivity contribution is -0.131. The number of rotatable bonds is 5. The number of amides is 1. The van der Waals surface area contributed by atoms with Gasteiger partial charge < -0.3 is 10.0 Å². The molecule has 29 heavy (non-hydrogen) atoms. The second-order valence-corrected chi connectivity index (χ2v) is 7.82. The lowest BCUT2D eigenvalue weighted by atomic mass is 10.1. The minimum atomic E-state index is -0.460. The van der Waals surface area contributed by atoms with Crippen molar-refractivity contribution in [2.24, 2.45) is 0 Å². The highest BCUT2D eigenvalue weighted by Crippen LogP contribution is 2.29. The van der Waals surface area contributed by atoms with Gasteiger partial charge in [-0.1, -0.05) is 42.1 Å². The molecule has 1 aromatic heterocycles. The van der Waals surface area contributed by atoms with Crippen LogP contribution in [0.3, 0.4) is 0 Å². The fraction of sp³-hybridized carbons (Fsp3) is 0.286. The number of hydrogen-bond donors (Lipinski definition) is 1. The van der Waals surface area contributed by atoms with Crippen molar-refractivity contribution in [1.82, 2.24) is 19.7 Å². The summed E-state index contributed by atoms with van der Waals surface area (Å²) < 4.78 is 16.2. The molecule has 0 spiro atoms. The van der Waals surface area contributed by atoms with Crippen molar-refractivity contribution in [3.63, 3.8) is 0 Å². The van der Waals surface area contributed by atoms with Crippen LogP contribution < -0.4 is 0 Å². The number of aromatic nitrogens is 3. The third-order valence-corrected chi connectivity index (χ3v) is 5.75. The predicted octanol–water partition coefficient (Wildman–Crippen LogP) is 3.15. The second-order valence-electron chi connectivity index (χ2n) is 6.88. The third kappa shape index (κ3) is 4.33. The van der Waals surface area contributed by atoms with Crippen molar-refractivity contribution < 1.29 is 14.3 Å². The number of aliphatic hydroxyl groups is 1. The predicted molar refractivity (Wildman–Crippen MR) is 109 cm³/mol. The normalized spacial score (nSPS) is 16.8. The molecule has 6 nitrogen and oxygen atoms in total. The zero-order valence-electron chi connectivity index (χ0n) is 15.7. The summed E-state index contributed by atoms with van der Waals surface area (Å²) in [6.45, 7) is 1.02. The maximum Gasteiger partial charge on any atom is 0.233 e. The molecule has 2 heterocycles. The van der Waals surface area contributed by atoms with Gasteiger partial charge in [0, 0.05) is 18.8 Å². The topological polar surface area (TPSA) is 71.2 Å². The molecule has 150 valence electrons. The molecular formula is C21H21FN4O2S. The number of para-hydroxylation sites is 1. The first-order valence-corrected chi connectivity index (χ1v) is 10.5. The quantitative estimate of drug-likeness (QED) is 0.652. The molecule has 1 saturated heterocycles. The van der Waals surface area contributed by atoms with Crippen LogP contribution >= 0.6 is 11.8 Å². The number of benzene rings is 2. The highest BCUT2D eigenvalue weighted by Gasteiger charge is 2.24. The van der Waals surface area contributed by atoms with Gasteiger partial charge in [0.15, 0.2) is 11.0 Å². The number of piperidine rings is 1. The molecule has 1 unspecified atom stereocenters. The highest BCUT2D eigenvalue weighted by molar-refractivity contribution is 7.99. The first-order valence-electron chi connectivity index (χ1n) is 9.48. The van der Waals surface area contributed by atoms with E-state index in [-0.39, 0.29) is 17.5 Å². The SMILES string of the molecule is O=C(CSc1nnc(-c2ccccc2F)n1-c1ccccc1)N1CCCC(O)C1. The zero-order valence-corrected chi connectivity index (χ0v) is 16.6. The Morgan fingerprint density at radius 2 is 1.90 bits per heavy atom. The Labute approximate surface area is 172 Å². The number of aliphatic hydroxyl groups excluding tert-OH is 1. The third-order valence-electron chi connectivity index (χ3n) is 4.84. The zero-order chi connectivity index (χ0) is 20.2. The van der Waals surface area contributed by atoms with Gasteiger partial charge in [-0.15, -0.1) is 10.2 Å². The van der Waals surface area contributed by atoms with E-state index in [1.807, 2.05) is 30.3 Å². The summed E-state index contributed by atoms with van der Waals surface area (Å²) in [5, 5.41) is 18.8. The van der Waals surface area contributed by atoms with Crippen molar-refractivity contribution in [3.8, 4) is 17.1 Å². The van der Waals surface area contributed by atoms with Crippen molar-refractivity contribution >= 4 is 17.7 Å². The van der Waals surface area contributed by atoms with E-state index < -0.39 is 6.10 Å². The summed E-state index contributed by atoms with van der Waals surface area (Å²) in [5.74, 6) is 0.128. The number of carbonyl (C=O) groups excluding carboxylic acids is 1. The number of halogens is 1. The fourth-order valence-electron chi connectivity index (χ4n) is 3.39. The van der Waals surface area contributed by atoms with Crippen LogP contribution in [-0.4, -0.2) is 55.6 Å². The lowest BCUT2D eigenvalue weighted by Gasteiger charge is -2.30. The summed E-state index contributed by atoms with van der Waals surface area (Å²) in [6.07, 6.45) is 1.07. The van der Waals surface area contributed by atoms with Gasteiger partial charge >= 0.3 is 0 Å². The van der Waals surface area contributed by atoms with E-state index in [4.69, 9.17) is 0 Å². The Morgan fingerprint density at radius 3 is 2.66 bits per heavy atom. The number of thioether (sulfide) groups is 1. The monoisotopic (exact) mass is 412 g/mol. The van der Waals surface area contributed by atoms with Crippen molar-refractivity contribution in [3.05, 3.63) is 60.4 Å². The summed E-state index contributed by atoms with van der Waals surface area (Å²) in [6, 6.07) is 15.9. The number of β-amino-alcohol motifs (C(OH)–C–C–N with tert-alkyl or cyclic N) is 1. The molecule has 1 aliphatic rings. The molecule has 1 fully saturated rings. The maximum absolute atomic E-state index is 14.4. The summed E-state index contributed by atoms with van der Waals surface area (Å²) in [7, 11) is 0. The van der Waals surface area contributed by atoms with Gasteiger partial charge in [-0.05, 0) is 37.1 Å². The minimum absolute atomic E-state index is 0.0520. The van der Waals surface area contributed by atoms with Crippen LogP contribution in [0.25, 0.3) is 17.1 Å². The van der Waals surface area contributed by atoms with Gasteiger partial charge in [0.1, 0.15) is 5.82 Å². The summed E-state index contributed by atoms with van der Waals surface area (Å²) >= 11 is 1.26. The summed E-state index contributed by atoms with van der Waals surface area (Å²) in [5.41, 5.74) is 1.14. The van der Waals surface area contributed by atoms with Gasteiger partial charge in [0.25, 0.3) is 0 Å². The van der Waals surface area contributed by atoms with Crippen molar-refractivity contribution in [1.29, 1.82) is 0 Å². The van der Waals surface area contributed by atoms with E-state index in [2.05, 4.69) is 10.2 Å². The molecule has 0 bridgehead atoms. The highest BCUT2D eigenvalue weighted by atomic mass is 32.2. The van der Waals surface area contributed by atoms with Gasteiger partial charge in [0.2, 0.25) is 5.91 Å². The van der Waals surface area contributed by atoms with Crippen LogP contribution in [0.4, 0.5) is 4.39 Å². The Hall–Kier alpha value is -2.71. The maximum atomic E-state index is 14.4. The van der Waals surface area contributed by atoms with Crippen molar-refractivity contribution in [2.75, 3.05) is 18.8 Å². The molecule has 1 N–H and O–H groups in total. The Bertz CT molecular complexity index is 995. The van der Waals surface area contributed by atoms with E-state index in [0.717, 1.165) is 18.5 Å². The van der Waals surface area contributed by atoms with Crippen LogP contribution in [0, 0.1) is 5.82 Å². The number of hydrogen-bond acceptors (Lipinski definition) is 5. The van der Waals surface area contributed by atoms with Gasteiger partial charge in [-0.25, -0.2) is 4.39 Å². The molecule has 1 aliphatic heterocycles. The van der Waals surface area contributed by atoms with Gasteiger partial charge in [-0.3, -0.25) is 9.36 Å². The average molecular weight is 412 g/mol. The van der Waals surface area contributed by atoms with Crippen molar-refractivity contribution in [2.45, 2.75) is 24.1 Å². The van der Waals surface area contributed by atoms with Crippen LogP contribution in [0.1, 0.15) is 12.8 Å². The molecule has 0 aliphatic carbocycles.